The SMILES string of the molecule is Cc1c(NCc2ccccc2OC(C)C)cccc1C(=O)NCCO. The molecule has 0 fully saturated rings. The van der Waals surface area contributed by atoms with E-state index >= 15 is 0 Å². The monoisotopic (exact) mass is 342 g/mol. The van der Waals surface area contributed by atoms with E-state index in [9.17, 15) is 4.79 Å². The molecule has 0 atom stereocenters. The number of carbonyl (C=O) groups excluding carboxylic acids is 1. The molecule has 25 heavy (non-hydrogen) atoms. The Balaban J connectivity index is 2.13. The molecule has 0 saturated heterocycles. The van der Waals surface area contributed by atoms with Crippen molar-refractivity contribution in [1.29, 1.82) is 0 Å². The van der Waals surface area contributed by atoms with Crippen LogP contribution in [0.2, 0.25) is 0 Å². The van der Waals surface area contributed by atoms with Crippen LogP contribution in [0, 0.1) is 6.92 Å². The molecule has 0 bridgehead atoms. The van der Waals surface area contributed by atoms with Crippen molar-refractivity contribution in [3.8, 4) is 5.75 Å². The van der Waals surface area contributed by atoms with Crippen LogP contribution in [0.1, 0.15) is 35.3 Å². The number of anilines is 1. The van der Waals surface area contributed by atoms with Crippen LogP contribution in [0.15, 0.2) is 42.5 Å². The van der Waals surface area contributed by atoms with Gasteiger partial charge in [-0.05, 0) is 44.5 Å². The number of para-hydroxylation sites is 1. The van der Waals surface area contributed by atoms with E-state index in [1.54, 1.807) is 6.07 Å². The second-order valence-electron chi connectivity index (χ2n) is 6.09. The molecule has 2 aromatic carbocycles. The lowest BCUT2D eigenvalue weighted by Crippen LogP contribution is -2.27. The molecule has 0 aliphatic heterocycles. The molecule has 0 heterocycles. The molecular formula is C20H26N2O3. The molecule has 2 rings (SSSR count). The molecule has 0 saturated carbocycles. The maximum Gasteiger partial charge on any atom is 0.251 e. The fourth-order valence-electron chi connectivity index (χ4n) is 2.55. The molecule has 0 aliphatic rings. The Morgan fingerprint density at radius 2 is 1.92 bits per heavy atom. The van der Waals surface area contributed by atoms with Gasteiger partial charge in [0.25, 0.3) is 5.91 Å². The highest BCUT2D eigenvalue weighted by molar-refractivity contribution is 5.97. The highest BCUT2D eigenvalue weighted by Gasteiger charge is 2.12. The zero-order chi connectivity index (χ0) is 18.2. The van der Waals surface area contributed by atoms with Crippen molar-refractivity contribution >= 4 is 11.6 Å². The van der Waals surface area contributed by atoms with Crippen LogP contribution in [-0.2, 0) is 6.54 Å². The van der Waals surface area contributed by atoms with Crippen molar-refractivity contribution in [2.45, 2.75) is 33.4 Å². The summed E-state index contributed by atoms with van der Waals surface area (Å²) in [6, 6.07) is 13.5. The minimum absolute atomic E-state index is 0.0740. The number of amides is 1. The van der Waals surface area contributed by atoms with Crippen molar-refractivity contribution in [1.82, 2.24) is 5.32 Å². The number of hydrogen-bond acceptors (Lipinski definition) is 4. The summed E-state index contributed by atoms with van der Waals surface area (Å²) in [5.74, 6) is 0.679. The van der Waals surface area contributed by atoms with E-state index < -0.39 is 0 Å². The van der Waals surface area contributed by atoms with E-state index in [4.69, 9.17) is 9.84 Å². The van der Waals surface area contributed by atoms with E-state index in [0.29, 0.717) is 12.1 Å². The van der Waals surface area contributed by atoms with Gasteiger partial charge in [-0.15, -0.1) is 0 Å². The summed E-state index contributed by atoms with van der Waals surface area (Å²) in [5, 5.41) is 14.9. The minimum Gasteiger partial charge on any atom is -0.491 e. The van der Waals surface area contributed by atoms with Gasteiger partial charge in [0.2, 0.25) is 0 Å². The molecule has 2 aromatic rings. The van der Waals surface area contributed by atoms with Gasteiger partial charge in [0.05, 0.1) is 12.7 Å². The van der Waals surface area contributed by atoms with Crippen LogP contribution in [0.25, 0.3) is 0 Å². The number of carbonyl (C=O) groups is 1. The maximum absolute atomic E-state index is 12.2. The summed E-state index contributed by atoms with van der Waals surface area (Å²) in [4.78, 5) is 12.2. The Kier molecular flexibility index (Phi) is 6.83. The minimum atomic E-state index is -0.182. The summed E-state index contributed by atoms with van der Waals surface area (Å²) in [6.07, 6.45) is 0.112. The number of aliphatic hydroxyl groups excluding tert-OH is 1. The summed E-state index contributed by atoms with van der Waals surface area (Å²) >= 11 is 0. The summed E-state index contributed by atoms with van der Waals surface area (Å²) in [7, 11) is 0. The Morgan fingerprint density at radius 3 is 2.64 bits per heavy atom. The van der Waals surface area contributed by atoms with Gasteiger partial charge < -0.3 is 20.5 Å². The van der Waals surface area contributed by atoms with Crippen LogP contribution in [0.3, 0.4) is 0 Å². The number of nitrogens with one attached hydrogen (secondary N) is 2. The number of aliphatic hydroxyl groups is 1. The first kappa shape index (κ1) is 18.8. The van der Waals surface area contributed by atoms with Gasteiger partial charge in [0.15, 0.2) is 0 Å². The number of ether oxygens (including phenoxy) is 1. The van der Waals surface area contributed by atoms with Crippen molar-refractivity contribution in [3.63, 3.8) is 0 Å². The van der Waals surface area contributed by atoms with Crippen LogP contribution in [0.4, 0.5) is 5.69 Å². The first-order chi connectivity index (χ1) is 12.0. The molecule has 3 N–H and O–H groups in total. The van der Waals surface area contributed by atoms with Gasteiger partial charge >= 0.3 is 0 Å². The fourth-order valence-corrected chi connectivity index (χ4v) is 2.55. The second kappa shape index (κ2) is 9.08. The van der Waals surface area contributed by atoms with E-state index in [2.05, 4.69) is 10.6 Å². The third kappa shape index (κ3) is 5.22. The largest absolute Gasteiger partial charge is 0.491 e. The molecule has 0 radical (unpaired) electrons. The Bertz CT molecular complexity index is 714. The van der Waals surface area contributed by atoms with Crippen molar-refractivity contribution < 1.29 is 14.6 Å². The third-order valence-electron chi connectivity index (χ3n) is 3.78. The fraction of sp³-hybridized carbons (Fsp3) is 0.350. The van der Waals surface area contributed by atoms with E-state index in [-0.39, 0.29) is 25.2 Å². The topological polar surface area (TPSA) is 70.6 Å². The highest BCUT2D eigenvalue weighted by atomic mass is 16.5. The van der Waals surface area contributed by atoms with Crippen LogP contribution in [-0.4, -0.2) is 30.3 Å². The first-order valence-electron chi connectivity index (χ1n) is 8.50. The van der Waals surface area contributed by atoms with Gasteiger partial charge in [-0.3, -0.25) is 4.79 Å². The number of rotatable bonds is 8. The summed E-state index contributed by atoms with van der Waals surface area (Å²) < 4.78 is 5.84. The third-order valence-corrected chi connectivity index (χ3v) is 3.78. The quantitative estimate of drug-likeness (QED) is 0.689. The van der Waals surface area contributed by atoms with Gasteiger partial charge in [0, 0.05) is 29.9 Å². The van der Waals surface area contributed by atoms with Crippen LogP contribution < -0.4 is 15.4 Å². The molecular weight excluding hydrogens is 316 g/mol. The lowest BCUT2D eigenvalue weighted by Gasteiger charge is -2.17. The lowest BCUT2D eigenvalue weighted by atomic mass is 10.1. The number of benzene rings is 2. The van der Waals surface area contributed by atoms with Gasteiger partial charge in [-0.2, -0.15) is 0 Å². The normalized spacial score (nSPS) is 10.6. The zero-order valence-corrected chi connectivity index (χ0v) is 15.0. The molecule has 1 amide bonds. The molecule has 0 spiro atoms. The first-order valence-corrected chi connectivity index (χ1v) is 8.50. The Labute approximate surface area is 149 Å². The maximum atomic E-state index is 12.2. The molecule has 5 nitrogen and oxygen atoms in total. The second-order valence-corrected chi connectivity index (χ2v) is 6.09. The molecule has 5 heteroatoms. The summed E-state index contributed by atoms with van der Waals surface area (Å²) in [6.45, 7) is 6.69. The van der Waals surface area contributed by atoms with Crippen LogP contribution >= 0.6 is 0 Å². The lowest BCUT2D eigenvalue weighted by molar-refractivity contribution is 0.0944. The molecule has 0 aromatic heterocycles. The van der Waals surface area contributed by atoms with E-state index in [0.717, 1.165) is 22.6 Å². The summed E-state index contributed by atoms with van der Waals surface area (Å²) in [5.41, 5.74) is 3.44. The number of hydrogen-bond donors (Lipinski definition) is 3. The average molecular weight is 342 g/mol. The Morgan fingerprint density at radius 1 is 1.16 bits per heavy atom. The van der Waals surface area contributed by atoms with Crippen molar-refractivity contribution in [2.75, 3.05) is 18.5 Å². The van der Waals surface area contributed by atoms with Crippen molar-refractivity contribution in [2.24, 2.45) is 0 Å². The average Bonchev–Trinajstić information content (AvgIpc) is 2.59. The van der Waals surface area contributed by atoms with Gasteiger partial charge in [-0.25, -0.2) is 0 Å². The standard InChI is InChI=1S/C20H26N2O3/c1-14(2)25-19-10-5-4-7-16(19)13-22-18-9-6-8-17(15(18)3)20(24)21-11-12-23/h4-10,14,22-23H,11-13H2,1-3H3,(H,21,24). The zero-order valence-electron chi connectivity index (χ0n) is 15.0. The predicted octanol–water partition coefficient (Wildman–Crippen LogP) is 3.12. The predicted molar refractivity (Wildman–Crippen MR) is 100 cm³/mol. The highest BCUT2D eigenvalue weighted by Crippen LogP contribution is 2.23. The van der Waals surface area contributed by atoms with Crippen molar-refractivity contribution in [3.05, 3.63) is 59.2 Å². The van der Waals surface area contributed by atoms with Crippen LogP contribution in [0.5, 0.6) is 5.75 Å². The van der Waals surface area contributed by atoms with Gasteiger partial charge in [0.1, 0.15) is 5.75 Å². The molecule has 134 valence electrons. The Hall–Kier alpha value is -2.53. The smallest absolute Gasteiger partial charge is 0.251 e. The van der Waals surface area contributed by atoms with E-state index in [1.807, 2.05) is 57.2 Å². The van der Waals surface area contributed by atoms with Gasteiger partial charge in [-0.1, -0.05) is 24.3 Å². The molecule has 0 aliphatic carbocycles. The van der Waals surface area contributed by atoms with E-state index in [1.165, 1.54) is 0 Å². The molecule has 0 unspecified atom stereocenters.